The molecule has 0 aromatic carbocycles. The molecule has 0 heterocycles. The maximum atomic E-state index is 11.2. The van der Waals surface area contributed by atoms with E-state index in [1.807, 2.05) is 0 Å². The van der Waals surface area contributed by atoms with Crippen molar-refractivity contribution in [3.8, 4) is 0 Å². The van der Waals surface area contributed by atoms with E-state index < -0.39 is 0 Å². The average molecular weight is 204 g/mol. The fraction of sp³-hybridized carbons (Fsp3) is 0.900. The van der Waals surface area contributed by atoms with Crippen LogP contribution in [-0.4, -0.2) is 43.0 Å². The summed E-state index contributed by atoms with van der Waals surface area (Å²) in [4.78, 5) is 11.2. The fourth-order valence-corrected chi connectivity index (χ4v) is 1.98. The molecule has 3 heteroatoms. The Balaban J connectivity index is 3.37. The van der Waals surface area contributed by atoms with Crippen molar-refractivity contribution in [2.24, 2.45) is 0 Å². The third kappa shape index (κ3) is 9.90. The van der Waals surface area contributed by atoms with Gasteiger partial charge in [-0.2, -0.15) is 0 Å². The molecule has 0 aromatic rings. The van der Waals surface area contributed by atoms with E-state index in [4.69, 9.17) is 0 Å². The highest BCUT2D eigenvalue weighted by atomic mass is 32.2. The number of hydrogen-bond acceptors (Lipinski definition) is 2. The van der Waals surface area contributed by atoms with Crippen molar-refractivity contribution in [3.05, 3.63) is 0 Å². The summed E-state index contributed by atoms with van der Waals surface area (Å²) < 4.78 is 0.939. The van der Waals surface area contributed by atoms with Gasteiger partial charge in [0.2, 0.25) is 0 Å². The Morgan fingerprint density at radius 3 is 2.38 bits per heavy atom. The molecule has 0 unspecified atom stereocenters. The molecule has 0 N–H and O–H groups in total. The Kier molecular flexibility index (Phi) is 6.43. The molecule has 0 bridgehead atoms. The van der Waals surface area contributed by atoms with E-state index >= 15 is 0 Å². The van der Waals surface area contributed by atoms with Crippen LogP contribution in [0.15, 0.2) is 0 Å². The highest BCUT2D eigenvalue weighted by Crippen LogP contribution is 2.09. The van der Waals surface area contributed by atoms with Gasteiger partial charge in [0.05, 0.1) is 33.4 Å². The lowest BCUT2D eigenvalue weighted by Gasteiger charge is -2.23. The monoisotopic (exact) mass is 204 g/mol. The lowest BCUT2D eigenvalue weighted by molar-refractivity contribution is -0.867. The van der Waals surface area contributed by atoms with Gasteiger partial charge in [0.25, 0.3) is 0 Å². The van der Waals surface area contributed by atoms with Gasteiger partial charge in [0.15, 0.2) is 5.12 Å². The second-order valence-electron chi connectivity index (χ2n) is 4.34. The zero-order valence-corrected chi connectivity index (χ0v) is 10.1. The number of rotatable bonds is 6. The van der Waals surface area contributed by atoms with Crippen LogP contribution in [0.1, 0.15) is 26.2 Å². The largest absolute Gasteiger partial charge is 0.330 e. The molecule has 0 aliphatic rings. The van der Waals surface area contributed by atoms with Crippen molar-refractivity contribution in [2.75, 3.05) is 33.4 Å². The Bertz CT molecular complexity index is 151. The molecular formula is C10H22NOS+. The first-order valence-corrected chi connectivity index (χ1v) is 5.90. The molecular weight excluding hydrogens is 182 g/mol. The molecule has 0 saturated carbocycles. The summed E-state index contributed by atoms with van der Waals surface area (Å²) in [5.41, 5.74) is 0. The fourth-order valence-electron chi connectivity index (χ4n) is 0.827. The van der Waals surface area contributed by atoms with Gasteiger partial charge in [-0.1, -0.05) is 25.1 Å². The minimum atomic E-state index is 0.357. The summed E-state index contributed by atoms with van der Waals surface area (Å²) in [6, 6.07) is 0. The maximum Gasteiger partial charge on any atom is 0.189 e. The molecule has 13 heavy (non-hydrogen) atoms. The maximum absolute atomic E-state index is 11.2. The molecule has 2 nitrogen and oxygen atoms in total. The summed E-state index contributed by atoms with van der Waals surface area (Å²) in [7, 11) is 6.45. The van der Waals surface area contributed by atoms with Gasteiger partial charge in [0, 0.05) is 6.42 Å². The zero-order chi connectivity index (χ0) is 10.3. The third-order valence-electron chi connectivity index (χ3n) is 1.76. The minimum Gasteiger partial charge on any atom is -0.330 e. The Morgan fingerprint density at radius 1 is 1.31 bits per heavy atom. The van der Waals surface area contributed by atoms with Gasteiger partial charge in [-0.15, -0.1) is 0 Å². The molecule has 0 rings (SSSR count). The van der Waals surface area contributed by atoms with E-state index in [0.29, 0.717) is 5.12 Å². The number of hydrogen-bond donors (Lipinski definition) is 0. The molecule has 0 fully saturated rings. The smallest absolute Gasteiger partial charge is 0.189 e. The molecule has 0 aliphatic heterocycles. The van der Waals surface area contributed by atoms with Gasteiger partial charge in [-0.25, -0.2) is 0 Å². The Morgan fingerprint density at radius 2 is 1.92 bits per heavy atom. The first kappa shape index (κ1) is 13.0. The Hall–Kier alpha value is -0.0200. The van der Waals surface area contributed by atoms with Crippen LogP contribution in [0.2, 0.25) is 0 Å². The van der Waals surface area contributed by atoms with Gasteiger partial charge in [-0.05, 0) is 6.42 Å². The van der Waals surface area contributed by atoms with E-state index in [1.165, 1.54) is 11.8 Å². The van der Waals surface area contributed by atoms with Gasteiger partial charge in [0.1, 0.15) is 0 Å². The highest BCUT2D eigenvalue weighted by Gasteiger charge is 2.08. The van der Waals surface area contributed by atoms with Crippen LogP contribution in [0.3, 0.4) is 0 Å². The van der Waals surface area contributed by atoms with Crippen molar-refractivity contribution in [1.82, 2.24) is 0 Å². The van der Waals surface area contributed by atoms with E-state index in [-0.39, 0.29) is 0 Å². The Labute approximate surface area is 86.3 Å². The van der Waals surface area contributed by atoms with Crippen LogP contribution in [0.5, 0.6) is 0 Å². The number of carbonyl (C=O) groups is 1. The second kappa shape index (κ2) is 6.44. The quantitative estimate of drug-likeness (QED) is 0.617. The van der Waals surface area contributed by atoms with Gasteiger partial charge >= 0.3 is 0 Å². The van der Waals surface area contributed by atoms with Crippen LogP contribution in [0, 0.1) is 0 Å². The average Bonchev–Trinajstić information content (AvgIpc) is 1.98. The molecule has 0 aliphatic carbocycles. The van der Waals surface area contributed by atoms with Crippen LogP contribution in [-0.2, 0) is 4.79 Å². The molecule has 0 spiro atoms. The summed E-state index contributed by atoms with van der Waals surface area (Å²) in [6.07, 6.45) is 2.90. The van der Waals surface area contributed by atoms with E-state index in [2.05, 4.69) is 28.1 Å². The summed E-state index contributed by atoms with van der Waals surface area (Å²) in [6.45, 7) is 3.17. The molecule has 0 atom stereocenters. The number of quaternary nitrogens is 1. The summed E-state index contributed by atoms with van der Waals surface area (Å²) in [5.74, 6) is 0.950. The predicted octanol–water partition coefficient (Wildman–Crippen LogP) is 2.14. The molecule has 0 saturated heterocycles. The van der Waals surface area contributed by atoms with Crippen LogP contribution >= 0.6 is 11.8 Å². The number of nitrogens with zero attached hydrogens (tertiary/aromatic N) is 1. The van der Waals surface area contributed by atoms with Crippen LogP contribution < -0.4 is 0 Å². The highest BCUT2D eigenvalue weighted by molar-refractivity contribution is 8.13. The van der Waals surface area contributed by atoms with Crippen molar-refractivity contribution >= 4 is 16.9 Å². The van der Waals surface area contributed by atoms with Crippen molar-refractivity contribution in [3.63, 3.8) is 0 Å². The lowest BCUT2D eigenvalue weighted by atomic mass is 10.3. The minimum absolute atomic E-state index is 0.357. The van der Waals surface area contributed by atoms with E-state index in [1.54, 1.807) is 0 Å². The summed E-state index contributed by atoms with van der Waals surface area (Å²) in [5, 5.41) is 0.357. The summed E-state index contributed by atoms with van der Waals surface area (Å²) >= 11 is 1.49. The number of unbranched alkanes of at least 4 members (excludes halogenated alkanes) is 1. The van der Waals surface area contributed by atoms with Crippen molar-refractivity contribution < 1.29 is 9.28 Å². The van der Waals surface area contributed by atoms with Gasteiger partial charge < -0.3 is 4.48 Å². The standard InChI is InChI=1S/C10H22NOS/c1-5-6-7-10(12)13-9-8-11(2,3)4/h5-9H2,1-4H3/q+1. The molecule has 0 aromatic heterocycles. The topological polar surface area (TPSA) is 17.1 Å². The van der Waals surface area contributed by atoms with Gasteiger partial charge in [-0.3, -0.25) is 4.79 Å². The van der Waals surface area contributed by atoms with E-state index in [9.17, 15) is 4.79 Å². The predicted molar refractivity (Wildman–Crippen MR) is 59.9 cm³/mol. The van der Waals surface area contributed by atoms with E-state index in [0.717, 1.165) is 36.0 Å². The number of thioether (sulfide) groups is 1. The first-order chi connectivity index (χ1) is 5.95. The van der Waals surface area contributed by atoms with Crippen molar-refractivity contribution in [1.29, 1.82) is 0 Å². The molecule has 78 valence electrons. The SMILES string of the molecule is CCCCC(=O)SCC[N+](C)(C)C. The normalized spacial score (nSPS) is 11.7. The third-order valence-corrected chi connectivity index (χ3v) is 2.67. The van der Waals surface area contributed by atoms with Crippen molar-refractivity contribution in [2.45, 2.75) is 26.2 Å². The number of carbonyl (C=O) groups excluding carboxylic acids is 1. The second-order valence-corrected chi connectivity index (χ2v) is 5.49. The molecule has 0 amide bonds. The first-order valence-electron chi connectivity index (χ1n) is 4.92. The van der Waals surface area contributed by atoms with Crippen LogP contribution in [0.4, 0.5) is 0 Å². The lowest BCUT2D eigenvalue weighted by Crippen LogP contribution is -2.36. The van der Waals surface area contributed by atoms with Crippen LogP contribution in [0.25, 0.3) is 0 Å². The molecule has 0 radical (unpaired) electrons. The zero-order valence-electron chi connectivity index (χ0n) is 9.30.